The molecular weight excluding hydrogens is 246 g/mol. The second kappa shape index (κ2) is 7.86. The van der Waals surface area contributed by atoms with Gasteiger partial charge < -0.3 is 24.3 Å². The average Bonchev–Trinajstić information content (AvgIpc) is 2.44. The van der Waals surface area contributed by atoms with Crippen LogP contribution in [0.25, 0.3) is 0 Å². The largest absolute Gasteiger partial charge is 0.493 e. The first kappa shape index (κ1) is 15.6. The van der Waals surface area contributed by atoms with Gasteiger partial charge in [-0.3, -0.25) is 0 Å². The van der Waals surface area contributed by atoms with Crippen molar-refractivity contribution in [3.05, 3.63) is 17.7 Å². The van der Waals surface area contributed by atoms with Crippen molar-refractivity contribution in [2.24, 2.45) is 0 Å². The molecule has 1 atom stereocenters. The Morgan fingerprint density at radius 1 is 1.11 bits per heavy atom. The molecule has 0 fully saturated rings. The number of hydrogen-bond acceptors (Lipinski definition) is 5. The van der Waals surface area contributed by atoms with Gasteiger partial charge in [0.2, 0.25) is 5.75 Å². The highest BCUT2D eigenvalue weighted by Crippen LogP contribution is 2.38. The first-order valence-electron chi connectivity index (χ1n) is 6.21. The topological polar surface area (TPSA) is 49.0 Å². The smallest absolute Gasteiger partial charge is 0.203 e. The van der Waals surface area contributed by atoms with Crippen LogP contribution in [-0.2, 0) is 11.3 Å². The predicted molar refractivity (Wildman–Crippen MR) is 74.3 cm³/mol. The van der Waals surface area contributed by atoms with Crippen molar-refractivity contribution < 1.29 is 18.9 Å². The van der Waals surface area contributed by atoms with Crippen molar-refractivity contribution in [2.45, 2.75) is 19.6 Å². The minimum atomic E-state index is 0.00592. The second-order valence-electron chi connectivity index (χ2n) is 4.22. The summed E-state index contributed by atoms with van der Waals surface area (Å²) in [4.78, 5) is 0. The lowest BCUT2D eigenvalue weighted by atomic mass is 10.2. The van der Waals surface area contributed by atoms with Crippen LogP contribution in [0.15, 0.2) is 12.1 Å². The molecule has 0 aliphatic carbocycles. The van der Waals surface area contributed by atoms with Gasteiger partial charge in [-0.1, -0.05) is 0 Å². The molecule has 5 nitrogen and oxygen atoms in total. The fourth-order valence-electron chi connectivity index (χ4n) is 1.65. The Kier molecular flexibility index (Phi) is 6.45. The molecule has 0 bridgehead atoms. The first-order chi connectivity index (χ1) is 9.15. The van der Waals surface area contributed by atoms with Crippen molar-refractivity contribution in [2.75, 3.05) is 35.0 Å². The van der Waals surface area contributed by atoms with E-state index in [4.69, 9.17) is 18.9 Å². The van der Waals surface area contributed by atoms with Crippen molar-refractivity contribution >= 4 is 0 Å². The summed E-state index contributed by atoms with van der Waals surface area (Å²) in [6.07, 6.45) is 0.00592. The van der Waals surface area contributed by atoms with Crippen molar-refractivity contribution in [3.63, 3.8) is 0 Å². The Labute approximate surface area is 114 Å². The lowest BCUT2D eigenvalue weighted by Gasteiger charge is -2.18. The molecule has 0 spiro atoms. The molecule has 0 aliphatic heterocycles. The van der Waals surface area contributed by atoms with E-state index in [2.05, 4.69) is 5.32 Å². The van der Waals surface area contributed by atoms with Gasteiger partial charge in [0.15, 0.2) is 11.5 Å². The van der Waals surface area contributed by atoms with Gasteiger partial charge in [0, 0.05) is 13.7 Å². The van der Waals surface area contributed by atoms with Crippen LogP contribution in [0.5, 0.6) is 17.2 Å². The highest BCUT2D eigenvalue weighted by molar-refractivity contribution is 5.53. The van der Waals surface area contributed by atoms with Crippen LogP contribution in [0.2, 0.25) is 0 Å². The molecule has 1 N–H and O–H groups in total. The monoisotopic (exact) mass is 269 g/mol. The normalized spacial score (nSPS) is 12.1. The van der Waals surface area contributed by atoms with Crippen molar-refractivity contribution in [3.8, 4) is 17.2 Å². The summed E-state index contributed by atoms with van der Waals surface area (Å²) >= 11 is 0. The molecule has 0 amide bonds. The van der Waals surface area contributed by atoms with Crippen LogP contribution < -0.4 is 19.5 Å². The highest BCUT2D eigenvalue weighted by atomic mass is 16.6. The summed E-state index contributed by atoms with van der Waals surface area (Å²) in [5.74, 6) is 1.93. The quantitative estimate of drug-likeness (QED) is 0.780. The van der Waals surface area contributed by atoms with Gasteiger partial charge in [0.25, 0.3) is 0 Å². The molecule has 19 heavy (non-hydrogen) atoms. The van der Waals surface area contributed by atoms with E-state index in [1.165, 1.54) is 0 Å². The molecule has 0 aromatic heterocycles. The lowest BCUT2D eigenvalue weighted by molar-refractivity contribution is 0.0694. The minimum absolute atomic E-state index is 0.00592. The number of benzene rings is 1. The van der Waals surface area contributed by atoms with Crippen LogP contribution >= 0.6 is 0 Å². The van der Waals surface area contributed by atoms with Crippen LogP contribution in [0, 0.1) is 0 Å². The van der Waals surface area contributed by atoms with Crippen LogP contribution in [0.1, 0.15) is 12.5 Å². The van der Waals surface area contributed by atoms with Gasteiger partial charge in [0.05, 0.1) is 20.3 Å². The molecular formula is C14H23NO4. The number of rotatable bonds is 8. The van der Waals surface area contributed by atoms with E-state index in [-0.39, 0.29) is 6.10 Å². The Morgan fingerprint density at radius 3 is 2.11 bits per heavy atom. The van der Waals surface area contributed by atoms with Crippen molar-refractivity contribution in [1.29, 1.82) is 0 Å². The average molecular weight is 269 g/mol. The van der Waals surface area contributed by atoms with E-state index >= 15 is 0 Å². The SMILES string of the molecule is CNCc1cc(OC)c(OCC(C)OC)c(OC)c1. The maximum absolute atomic E-state index is 5.74. The molecule has 0 radical (unpaired) electrons. The standard InChI is InChI=1S/C14H23NO4/c1-10(16-3)9-19-14-12(17-4)6-11(8-15-2)7-13(14)18-5/h6-7,10,15H,8-9H2,1-5H3. The van der Waals surface area contributed by atoms with Crippen LogP contribution in [0.4, 0.5) is 0 Å². The molecule has 0 heterocycles. The Balaban J connectivity index is 2.99. The van der Waals surface area contributed by atoms with Gasteiger partial charge >= 0.3 is 0 Å². The number of methoxy groups -OCH3 is 3. The number of hydrogen-bond donors (Lipinski definition) is 1. The van der Waals surface area contributed by atoms with Crippen LogP contribution in [0.3, 0.4) is 0 Å². The number of ether oxygens (including phenoxy) is 4. The minimum Gasteiger partial charge on any atom is -0.493 e. The maximum atomic E-state index is 5.74. The Hall–Kier alpha value is -1.46. The van der Waals surface area contributed by atoms with E-state index in [1.54, 1.807) is 21.3 Å². The van der Waals surface area contributed by atoms with Gasteiger partial charge in [-0.25, -0.2) is 0 Å². The third-order valence-corrected chi connectivity index (χ3v) is 2.77. The fraction of sp³-hybridized carbons (Fsp3) is 0.571. The molecule has 1 aromatic rings. The van der Waals surface area contributed by atoms with Gasteiger partial charge in [-0.05, 0) is 31.7 Å². The summed E-state index contributed by atoms with van der Waals surface area (Å²) in [6, 6.07) is 3.87. The molecule has 0 saturated heterocycles. The zero-order valence-electron chi connectivity index (χ0n) is 12.3. The van der Waals surface area contributed by atoms with Crippen LogP contribution in [-0.4, -0.2) is 41.1 Å². The predicted octanol–water partition coefficient (Wildman–Crippen LogP) is 1.84. The zero-order valence-corrected chi connectivity index (χ0v) is 12.3. The van der Waals surface area contributed by atoms with Crippen molar-refractivity contribution in [1.82, 2.24) is 5.32 Å². The molecule has 5 heteroatoms. The van der Waals surface area contributed by atoms with E-state index in [0.29, 0.717) is 23.9 Å². The Morgan fingerprint density at radius 2 is 1.68 bits per heavy atom. The molecule has 0 saturated carbocycles. The zero-order chi connectivity index (χ0) is 14.3. The van der Waals surface area contributed by atoms with E-state index < -0.39 is 0 Å². The lowest BCUT2D eigenvalue weighted by Crippen LogP contribution is -2.16. The molecule has 1 aromatic carbocycles. The summed E-state index contributed by atoms with van der Waals surface area (Å²) < 4.78 is 21.6. The van der Waals surface area contributed by atoms with E-state index in [1.807, 2.05) is 26.1 Å². The maximum Gasteiger partial charge on any atom is 0.203 e. The molecule has 0 aliphatic rings. The second-order valence-corrected chi connectivity index (χ2v) is 4.22. The summed E-state index contributed by atoms with van der Waals surface area (Å²) in [5, 5.41) is 3.09. The Bertz CT molecular complexity index is 370. The molecule has 1 unspecified atom stereocenters. The van der Waals surface area contributed by atoms with E-state index in [0.717, 1.165) is 12.1 Å². The summed E-state index contributed by atoms with van der Waals surface area (Å²) in [7, 11) is 6.78. The first-order valence-corrected chi connectivity index (χ1v) is 6.21. The summed E-state index contributed by atoms with van der Waals surface area (Å²) in [6.45, 7) is 3.12. The molecule has 1 rings (SSSR count). The van der Waals surface area contributed by atoms with Gasteiger partial charge in [-0.15, -0.1) is 0 Å². The fourth-order valence-corrected chi connectivity index (χ4v) is 1.65. The third-order valence-electron chi connectivity index (χ3n) is 2.77. The highest BCUT2D eigenvalue weighted by Gasteiger charge is 2.15. The number of nitrogens with one attached hydrogen (secondary N) is 1. The van der Waals surface area contributed by atoms with Gasteiger partial charge in [0.1, 0.15) is 6.61 Å². The third kappa shape index (κ3) is 4.29. The van der Waals surface area contributed by atoms with Gasteiger partial charge in [-0.2, -0.15) is 0 Å². The summed E-state index contributed by atoms with van der Waals surface area (Å²) in [5.41, 5.74) is 1.07. The molecule has 108 valence electrons. The van der Waals surface area contributed by atoms with E-state index in [9.17, 15) is 0 Å².